The number of methoxy groups -OCH3 is 1. The highest BCUT2D eigenvalue weighted by atomic mass is 19.1. The van der Waals surface area contributed by atoms with Crippen LogP contribution in [0.1, 0.15) is 5.56 Å². The van der Waals surface area contributed by atoms with Gasteiger partial charge in [0.1, 0.15) is 0 Å². The zero-order valence-electron chi connectivity index (χ0n) is 8.64. The van der Waals surface area contributed by atoms with Crippen molar-refractivity contribution in [2.24, 2.45) is 0 Å². The molecule has 5 heteroatoms. The van der Waals surface area contributed by atoms with Crippen LogP contribution in [0.2, 0.25) is 0 Å². The Balaban J connectivity index is 2.99. The fraction of sp³-hybridized carbons (Fsp3) is 0.182. The molecule has 0 saturated heterocycles. The lowest BCUT2D eigenvalue weighted by Gasteiger charge is -2.06. The van der Waals surface area contributed by atoms with E-state index in [1.54, 1.807) is 6.92 Å². The molecule has 0 N–H and O–H groups in total. The molecule has 0 amide bonds. The molecule has 0 bridgehead atoms. The van der Waals surface area contributed by atoms with Crippen LogP contribution >= 0.6 is 0 Å². The van der Waals surface area contributed by atoms with Crippen molar-refractivity contribution in [2.75, 3.05) is 7.11 Å². The number of aryl methyl sites for hydroxylation is 1. The third-order valence-corrected chi connectivity index (χ3v) is 2.30. The van der Waals surface area contributed by atoms with Gasteiger partial charge in [-0.15, -0.1) is 0 Å². The van der Waals surface area contributed by atoms with Crippen LogP contribution in [-0.4, -0.2) is 7.11 Å². The maximum Gasteiger partial charge on any atom is 0.336 e. The smallest absolute Gasteiger partial charge is 0.336 e. The molecule has 1 aromatic heterocycles. The van der Waals surface area contributed by atoms with Crippen molar-refractivity contribution in [1.29, 1.82) is 0 Å². The first-order chi connectivity index (χ1) is 7.54. The molecule has 2 aromatic rings. The molecule has 3 nitrogen and oxygen atoms in total. The van der Waals surface area contributed by atoms with E-state index in [4.69, 9.17) is 4.42 Å². The molecule has 0 aliphatic rings. The largest absolute Gasteiger partial charge is 0.491 e. The second-order valence-electron chi connectivity index (χ2n) is 3.33. The van der Waals surface area contributed by atoms with E-state index >= 15 is 0 Å². The standard InChI is InChI=1S/C11H8F2O3/c1-5-3-8(14)16-10-6(5)4-7(12)11(15-2)9(10)13/h3-4H,1-2H3. The molecule has 0 fully saturated rings. The number of halogens is 2. The van der Waals surface area contributed by atoms with E-state index in [2.05, 4.69) is 4.74 Å². The predicted octanol–water partition coefficient (Wildman–Crippen LogP) is 2.39. The highest BCUT2D eigenvalue weighted by Crippen LogP contribution is 2.30. The first-order valence-corrected chi connectivity index (χ1v) is 4.51. The van der Waals surface area contributed by atoms with Gasteiger partial charge in [-0.25, -0.2) is 9.18 Å². The maximum absolute atomic E-state index is 13.7. The van der Waals surface area contributed by atoms with Crippen molar-refractivity contribution in [3.8, 4) is 5.75 Å². The summed E-state index contributed by atoms with van der Waals surface area (Å²) in [5, 5.41) is 0.218. The van der Waals surface area contributed by atoms with Crippen molar-refractivity contribution in [3.63, 3.8) is 0 Å². The van der Waals surface area contributed by atoms with Gasteiger partial charge in [-0.2, -0.15) is 4.39 Å². The summed E-state index contributed by atoms with van der Waals surface area (Å²) in [5.41, 5.74) is -0.521. The Morgan fingerprint density at radius 3 is 2.62 bits per heavy atom. The van der Waals surface area contributed by atoms with Crippen LogP contribution < -0.4 is 10.4 Å². The zero-order valence-corrected chi connectivity index (χ0v) is 8.64. The topological polar surface area (TPSA) is 39.4 Å². The van der Waals surface area contributed by atoms with E-state index in [-0.39, 0.29) is 11.0 Å². The molecule has 1 aromatic carbocycles. The minimum atomic E-state index is -1.00. The lowest BCUT2D eigenvalue weighted by Crippen LogP contribution is -2.01. The first kappa shape index (κ1) is 10.6. The third kappa shape index (κ3) is 1.44. The summed E-state index contributed by atoms with van der Waals surface area (Å²) in [6.45, 7) is 1.57. The second kappa shape index (κ2) is 3.59. The Labute approximate surface area is 89.3 Å². The van der Waals surface area contributed by atoms with Crippen molar-refractivity contribution in [3.05, 3.63) is 39.8 Å². The normalized spacial score (nSPS) is 10.8. The van der Waals surface area contributed by atoms with Gasteiger partial charge in [-0.05, 0) is 18.6 Å². The van der Waals surface area contributed by atoms with Gasteiger partial charge < -0.3 is 9.15 Å². The van der Waals surface area contributed by atoms with Gasteiger partial charge in [0.05, 0.1) is 7.11 Å². The lowest BCUT2D eigenvalue weighted by atomic mass is 10.1. The van der Waals surface area contributed by atoms with Crippen LogP contribution in [0.5, 0.6) is 5.75 Å². The minimum Gasteiger partial charge on any atom is -0.491 e. The van der Waals surface area contributed by atoms with Crippen molar-refractivity contribution < 1.29 is 17.9 Å². The minimum absolute atomic E-state index is 0.218. The number of hydrogen-bond donors (Lipinski definition) is 0. The number of ether oxygens (including phenoxy) is 1. The van der Waals surface area contributed by atoms with Gasteiger partial charge in [0, 0.05) is 11.5 Å². The van der Waals surface area contributed by atoms with Gasteiger partial charge in [-0.1, -0.05) is 0 Å². The molecule has 0 saturated carbocycles. The van der Waals surface area contributed by atoms with Crippen molar-refractivity contribution in [2.45, 2.75) is 6.92 Å². The zero-order chi connectivity index (χ0) is 11.9. The van der Waals surface area contributed by atoms with Crippen LogP contribution in [0.15, 0.2) is 21.3 Å². The molecular formula is C11H8F2O3. The molecule has 0 atom stereocenters. The lowest BCUT2D eigenvalue weighted by molar-refractivity contribution is 0.358. The monoisotopic (exact) mass is 226 g/mol. The quantitative estimate of drug-likeness (QED) is 0.701. The van der Waals surface area contributed by atoms with Crippen LogP contribution in [0.4, 0.5) is 8.78 Å². The van der Waals surface area contributed by atoms with Gasteiger partial charge >= 0.3 is 5.63 Å². The van der Waals surface area contributed by atoms with Crippen molar-refractivity contribution in [1.82, 2.24) is 0 Å². The van der Waals surface area contributed by atoms with E-state index in [1.165, 1.54) is 6.07 Å². The van der Waals surface area contributed by atoms with Gasteiger partial charge in [0.15, 0.2) is 17.1 Å². The molecule has 84 valence electrons. The Kier molecular flexibility index (Phi) is 2.38. The molecule has 0 aliphatic heterocycles. The second-order valence-corrected chi connectivity index (χ2v) is 3.33. The highest BCUT2D eigenvalue weighted by Gasteiger charge is 2.17. The molecular weight excluding hydrogens is 218 g/mol. The molecule has 1 heterocycles. The fourth-order valence-corrected chi connectivity index (χ4v) is 1.55. The maximum atomic E-state index is 13.7. The Bertz CT molecular complexity index is 617. The fourth-order valence-electron chi connectivity index (χ4n) is 1.55. The van der Waals surface area contributed by atoms with Gasteiger partial charge in [-0.3, -0.25) is 0 Å². The van der Waals surface area contributed by atoms with E-state index in [0.717, 1.165) is 13.2 Å². The molecule has 0 unspecified atom stereocenters. The third-order valence-electron chi connectivity index (χ3n) is 2.30. The summed E-state index contributed by atoms with van der Waals surface area (Å²) in [5.74, 6) is -2.39. The SMILES string of the molecule is COc1c(F)cc2c(C)cc(=O)oc2c1F. The van der Waals surface area contributed by atoms with E-state index in [0.29, 0.717) is 5.56 Å². The van der Waals surface area contributed by atoms with Crippen molar-refractivity contribution >= 4 is 11.0 Å². The number of hydrogen-bond acceptors (Lipinski definition) is 3. The number of rotatable bonds is 1. The van der Waals surface area contributed by atoms with Crippen LogP contribution in [0, 0.1) is 18.6 Å². The Hall–Kier alpha value is -1.91. The molecule has 16 heavy (non-hydrogen) atoms. The average molecular weight is 226 g/mol. The summed E-state index contributed by atoms with van der Waals surface area (Å²) in [4.78, 5) is 11.1. The highest BCUT2D eigenvalue weighted by molar-refractivity contribution is 5.82. The first-order valence-electron chi connectivity index (χ1n) is 4.51. The van der Waals surface area contributed by atoms with E-state index < -0.39 is 23.0 Å². The summed E-state index contributed by atoms with van der Waals surface area (Å²) in [6, 6.07) is 2.25. The Morgan fingerprint density at radius 1 is 1.31 bits per heavy atom. The van der Waals surface area contributed by atoms with E-state index in [1.807, 2.05) is 0 Å². The molecule has 2 rings (SSSR count). The number of fused-ring (bicyclic) bond motifs is 1. The summed E-state index contributed by atoms with van der Waals surface area (Å²) < 4.78 is 36.3. The predicted molar refractivity (Wildman–Crippen MR) is 53.7 cm³/mol. The van der Waals surface area contributed by atoms with Crippen LogP contribution in [0.3, 0.4) is 0 Å². The van der Waals surface area contributed by atoms with Crippen LogP contribution in [-0.2, 0) is 0 Å². The van der Waals surface area contributed by atoms with Gasteiger partial charge in [0.2, 0.25) is 5.82 Å². The molecule has 0 radical (unpaired) electrons. The van der Waals surface area contributed by atoms with Gasteiger partial charge in [0.25, 0.3) is 0 Å². The van der Waals surface area contributed by atoms with Crippen LogP contribution in [0.25, 0.3) is 11.0 Å². The summed E-state index contributed by atoms with van der Waals surface area (Å²) in [6.07, 6.45) is 0. The summed E-state index contributed by atoms with van der Waals surface area (Å²) in [7, 11) is 1.14. The van der Waals surface area contributed by atoms with E-state index in [9.17, 15) is 13.6 Å². The number of benzene rings is 1. The average Bonchev–Trinajstić information content (AvgIpc) is 2.21. The molecule has 0 aliphatic carbocycles. The molecule has 0 spiro atoms. The Morgan fingerprint density at radius 2 is 2.00 bits per heavy atom. The summed E-state index contributed by atoms with van der Waals surface area (Å²) >= 11 is 0.